The van der Waals surface area contributed by atoms with E-state index in [1.807, 2.05) is 0 Å². The van der Waals surface area contributed by atoms with Crippen molar-refractivity contribution >= 4 is 47.7 Å². The number of phenolic OH excluding ortho intramolecular Hbond substituents is 2. The number of aromatic hydroxyl groups is 2. The maximum atomic E-state index is 13.4. The van der Waals surface area contributed by atoms with E-state index < -0.39 is 16.8 Å². The zero-order valence-corrected chi connectivity index (χ0v) is 18.6. The molecular formula is C23H14Cl2N4O5. The van der Waals surface area contributed by atoms with E-state index in [0.717, 1.165) is 4.42 Å². The lowest BCUT2D eigenvalue weighted by Gasteiger charge is -2.36. The van der Waals surface area contributed by atoms with E-state index >= 15 is 0 Å². The van der Waals surface area contributed by atoms with E-state index in [4.69, 9.17) is 32.9 Å². The van der Waals surface area contributed by atoms with Gasteiger partial charge in [-0.15, -0.1) is 0 Å². The average Bonchev–Trinajstić information content (AvgIpc) is 3.09. The minimum Gasteiger partial charge on any atom is -0.508 e. The maximum Gasteiger partial charge on any atom is 0.342 e. The van der Waals surface area contributed by atoms with Crippen LogP contribution in [-0.4, -0.2) is 38.5 Å². The van der Waals surface area contributed by atoms with Crippen molar-refractivity contribution in [3.8, 4) is 23.0 Å². The molecule has 0 aromatic heterocycles. The van der Waals surface area contributed by atoms with E-state index in [0.29, 0.717) is 22.4 Å². The fourth-order valence-electron chi connectivity index (χ4n) is 4.44. The summed E-state index contributed by atoms with van der Waals surface area (Å²) in [6.07, 6.45) is 2.52. The SMILES string of the molecule is O=C1OC2(c3ccc(O)cc3Oc3cc(O)ccc32)c2cccc(NC3(Cl)N=CN=CN3Cl)c21. The first-order chi connectivity index (χ1) is 16.3. The molecule has 0 aliphatic carbocycles. The number of nitrogens with zero attached hydrogens (tertiary/aromatic N) is 3. The summed E-state index contributed by atoms with van der Waals surface area (Å²) in [4.78, 5) is 21.3. The first-order valence-corrected chi connectivity index (χ1v) is 10.7. The number of halogens is 2. The number of esters is 1. The summed E-state index contributed by atoms with van der Waals surface area (Å²) in [6.45, 7) is 0. The Morgan fingerprint density at radius 3 is 2.29 bits per heavy atom. The van der Waals surface area contributed by atoms with Crippen molar-refractivity contribution < 1.29 is 24.5 Å². The lowest BCUT2D eigenvalue weighted by molar-refractivity contribution is 0.0224. The molecule has 0 bridgehead atoms. The number of ether oxygens (including phenoxy) is 2. The van der Waals surface area contributed by atoms with Crippen LogP contribution in [0.4, 0.5) is 5.69 Å². The van der Waals surface area contributed by atoms with Crippen molar-refractivity contribution in [2.45, 2.75) is 10.8 Å². The summed E-state index contributed by atoms with van der Waals surface area (Å²) in [5.41, 5.74) is 0.695. The predicted molar refractivity (Wildman–Crippen MR) is 125 cm³/mol. The number of aliphatic imine (C=N–C) groups is 2. The van der Waals surface area contributed by atoms with Crippen LogP contribution in [0.25, 0.3) is 0 Å². The highest BCUT2D eigenvalue weighted by Gasteiger charge is 2.54. The standard InChI is InChI=1S/C23H14Cl2N4O5/c24-23(27-10-26-11-29(23)25)28-17-3-1-2-16-20(17)21(32)34-22(16)14-6-4-12(30)8-18(14)33-19-9-13(31)5-7-15(19)22/h1-11,28,30-31H. The summed E-state index contributed by atoms with van der Waals surface area (Å²) in [5.74, 6) is -0.106. The Bertz CT molecular complexity index is 1390. The fraction of sp³-hybridized carbons (Fsp3) is 0.0870. The van der Waals surface area contributed by atoms with Crippen molar-refractivity contribution in [1.29, 1.82) is 0 Å². The Morgan fingerprint density at radius 2 is 1.65 bits per heavy atom. The first-order valence-electron chi connectivity index (χ1n) is 10.0. The normalized spacial score (nSPS) is 20.9. The number of nitrogens with one attached hydrogen (secondary N) is 1. The van der Waals surface area contributed by atoms with Gasteiger partial charge in [0.15, 0.2) is 5.60 Å². The first kappa shape index (κ1) is 20.6. The molecule has 0 saturated heterocycles. The van der Waals surface area contributed by atoms with Crippen LogP contribution in [0.3, 0.4) is 0 Å². The molecule has 0 fully saturated rings. The molecule has 1 spiro atoms. The molecule has 0 amide bonds. The van der Waals surface area contributed by atoms with Gasteiger partial charge in [-0.05, 0) is 41.9 Å². The summed E-state index contributed by atoms with van der Waals surface area (Å²) in [5, 5.41) is 21.4. The number of rotatable bonds is 2. The molecule has 9 nitrogen and oxygen atoms in total. The largest absolute Gasteiger partial charge is 0.508 e. The van der Waals surface area contributed by atoms with Crippen LogP contribution in [0.5, 0.6) is 23.0 Å². The number of anilines is 1. The number of hydrogen-bond acceptors (Lipinski definition) is 9. The molecule has 6 rings (SSSR count). The second-order valence-corrected chi connectivity index (χ2v) is 8.69. The van der Waals surface area contributed by atoms with Gasteiger partial charge in [-0.3, -0.25) is 0 Å². The number of carbonyl (C=O) groups excluding carboxylic acids is 1. The van der Waals surface area contributed by atoms with E-state index in [1.54, 1.807) is 30.3 Å². The number of hydrogen-bond donors (Lipinski definition) is 3. The Labute approximate surface area is 202 Å². The highest BCUT2D eigenvalue weighted by Crippen LogP contribution is 2.58. The van der Waals surface area contributed by atoms with Crippen LogP contribution < -0.4 is 10.1 Å². The van der Waals surface area contributed by atoms with Gasteiger partial charge in [-0.1, -0.05) is 12.1 Å². The highest BCUT2D eigenvalue weighted by atomic mass is 35.5. The van der Waals surface area contributed by atoms with Crippen molar-refractivity contribution in [2.24, 2.45) is 9.98 Å². The van der Waals surface area contributed by atoms with E-state index in [-0.39, 0.29) is 28.6 Å². The van der Waals surface area contributed by atoms with Crippen LogP contribution in [-0.2, 0) is 10.3 Å². The topological polar surface area (TPSA) is 116 Å². The van der Waals surface area contributed by atoms with E-state index in [1.165, 1.54) is 36.9 Å². The van der Waals surface area contributed by atoms with Gasteiger partial charge in [0, 0.05) is 40.6 Å². The lowest BCUT2D eigenvalue weighted by atomic mass is 9.77. The van der Waals surface area contributed by atoms with Crippen molar-refractivity contribution in [1.82, 2.24) is 4.42 Å². The highest BCUT2D eigenvalue weighted by molar-refractivity contribution is 6.32. The summed E-state index contributed by atoms with van der Waals surface area (Å²) < 4.78 is 13.1. The Kier molecular flexibility index (Phi) is 4.26. The lowest BCUT2D eigenvalue weighted by Crippen LogP contribution is -2.44. The van der Waals surface area contributed by atoms with Crippen LogP contribution in [0.1, 0.15) is 27.0 Å². The third-order valence-corrected chi connectivity index (χ3v) is 6.64. The molecule has 3 heterocycles. The summed E-state index contributed by atoms with van der Waals surface area (Å²) in [6, 6.07) is 14.2. The Balaban J connectivity index is 1.59. The maximum absolute atomic E-state index is 13.4. The molecular weight excluding hydrogens is 483 g/mol. The molecule has 3 aromatic carbocycles. The Morgan fingerprint density at radius 1 is 0.971 bits per heavy atom. The van der Waals surface area contributed by atoms with Gasteiger partial charge in [0.25, 0.3) is 0 Å². The number of carbonyl (C=O) groups is 1. The second-order valence-electron chi connectivity index (χ2n) is 7.79. The van der Waals surface area contributed by atoms with Gasteiger partial charge in [0.05, 0.1) is 11.3 Å². The predicted octanol–water partition coefficient (Wildman–Crippen LogP) is 4.45. The number of alkyl halides is 1. The summed E-state index contributed by atoms with van der Waals surface area (Å²) in [7, 11) is 0. The van der Waals surface area contributed by atoms with E-state index in [2.05, 4.69) is 15.3 Å². The molecule has 170 valence electrons. The van der Waals surface area contributed by atoms with Gasteiger partial charge in [0.1, 0.15) is 35.7 Å². The third kappa shape index (κ3) is 2.77. The number of fused-ring (bicyclic) bond motifs is 6. The zero-order valence-electron chi connectivity index (χ0n) is 17.1. The smallest absolute Gasteiger partial charge is 0.342 e. The van der Waals surface area contributed by atoms with Crippen LogP contribution in [0.2, 0.25) is 0 Å². The molecule has 3 aromatic rings. The third-order valence-electron chi connectivity index (χ3n) is 5.84. The van der Waals surface area contributed by atoms with Gasteiger partial charge >= 0.3 is 11.2 Å². The zero-order chi connectivity index (χ0) is 23.7. The van der Waals surface area contributed by atoms with Crippen molar-refractivity contribution in [2.75, 3.05) is 5.32 Å². The van der Waals surface area contributed by atoms with Gasteiger partial charge in [-0.2, -0.15) is 0 Å². The quantitative estimate of drug-likeness (QED) is 0.207. The molecule has 1 atom stereocenters. The number of phenols is 2. The molecule has 34 heavy (non-hydrogen) atoms. The average molecular weight is 497 g/mol. The molecule has 11 heteroatoms. The molecule has 3 aliphatic heterocycles. The second kappa shape index (κ2) is 7.02. The van der Waals surface area contributed by atoms with Gasteiger partial charge in [0.2, 0.25) is 0 Å². The van der Waals surface area contributed by atoms with Gasteiger partial charge < -0.3 is 25.0 Å². The fourth-order valence-corrected chi connectivity index (χ4v) is 4.76. The molecule has 3 aliphatic rings. The minimum absolute atomic E-state index is 0.0272. The molecule has 0 saturated carbocycles. The summed E-state index contributed by atoms with van der Waals surface area (Å²) >= 11 is 12.7. The Hall–Kier alpha value is -3.95. The monoisotopic (exact) mass is 496 g/mol. The van der Waals surface area contributed by atoms with Gasteiger partial charge in [-0.25, -0.2) is 19.2 Å². The van der Waals surface area contributed by atoms with Crippen molar-refractivity contribution in [3.05, 3.63) is 76.9 Å². The molecule has 3 N–H and O–H groups in total. The molecule has 1 unspecified atom stereocenters. The number of benzene rings is 3. The van der Waals surface area contributed by atoms with Crippen LogP contribution >= 0.6 is 23.4 Å². The van der Waals surface area contributed by atoms with Crippen molar-refractivity contribution in [3.63, 3.8) is 0 Å². The van der Waals surface area contributed by atoms with Crippen LogP contribution in [0.15, 0.2) is 64.6 Å². The molecule has 0 radical (unpaired) electrons. The van der Waals surface area contributed by atoms with Crippen LogP contribution in [0, 0.1) is 0 Å². The minimum atomic E-state index is -1.63. The van der Waals surface area contributed by atoms with E-state index in [9.17, 15) is 15.0 Å².